The molecule has 160 valence electrons. The Hall–Kier alpha value is -3.99. The Labute approximate surface area is 177 Å². The smallest absolute Gasteiger partial charge is 0.322 e. The fourth-order valence-electron chi connectivity index (χ4n) is 2.69. The van der Waals surface area contributed by atoms with Crippen molar-refractivity contribution in [1.29, 1.82) is 0 Å². The summed E-state index contributed by atoms with van der Waals surface area (Å²) in [5.41, 5.74) is 0.777. The number of aromatic nitrogens is 1. The molecule has 0 saturated carbocycles. The van der Waals surface area contributed by atoms with Crippen LogP contribution in [0.25, 0.3) is 10.9 Å². The summed E-state index contributed by atoms with van der Waals surface area (Å²) in [6, 6.07) is 13.9. The molecule has 3 rings (SSSR count). The van der Waals surface area contributed by atoms with Crippen LogP contribution in [0.5, 0.6) is 0 Å². The van der Waals surface area contributed by atoms with Gasteiger partial charge in [-0.3, -0.25) is 24.1 Å². The number of carboxylic acid groups (broad SMARTS) is 1. The monoisotopic (exact) mass is 442 g/mol. The van der Waals surface area contributed by atoms with E-state index in [2.05, 4.69) is 20.3 Å². The van der Waals surface area contributed by atoms with Crippen LogP contribution in [0.1, 0.15) is 10.4 Å². The molecule has 0 aliphatic carbocycles. The minimum absolute atomic E-state index is 0.0276. The zero-order chi connectivity index (χ0) is 22.4. The van der Waals surface area contributed by atoms with E-state index in [9.17, 15) is 22.8 Å². The summed E-state index contributed by atoms with van der Waals surface area (Å²) >= 11 is 0. The lowest BCUT2D eigenvalue weighted by Crippen LogP contribution is -2.39. The quantitative estimate of drug-likeness (QED) is 0.405. The van der Waals surface area contributed by atoms with Crippen LogP contribution in [0.15, 0.2) is 65.7 Å². The van der Waals surface area contributed by atoms with Gasteiger partial charge in [0, 0.05) is 22.8 Å². The molecule has 0 radical (unpaired) electrons. The Balaban J connectivity index is 1.66. The predicted octanol–water partition coefficient (Wildman–Crippen LogP) is 0.966. The van der Waals surface area contributed by atoms with Crippen LogP contribution < -0.4 is 15.4 Å². The van der Waals surface area contributed by atoms with Crippen molar-refractivity contribution >= 4 is 44.4 Å². The molecule has 10 nitrogen and oxygen atoms in total. The molecule has 0 aliphatic heterocycles. The number of fused-ring (bicyclic) bond motifs is 1. The average molecular weight is 442 g/mol. The molecular weight excluding hydrogens is 424 g/mol. The number of carbonyl (C=O) groups is 3. The first-order valence-electron chi connectivity index (χ1n) is 8.99. The lowest BCUT2D eigenvalue weighted by atomic mass is 10.2. The molecule has 0 saturated heterocycles. The van der Waals surface area contributed by atoms with Gasteiger partial charge in [0.1, 0.15) is 11.4 Å². The van der Waals surface area contributed by atoms with Crippen molar-refractivity contribution in [3.63, 3.8) is 0 Å². The number of hydrogen-bond donors (Lipinski definition) is 4. The first-order chi connectivity index (χ1) is 14.8. The van der Waals surface area contributed by atoms with Crippen LogP contribution in [0.3, 0.4) is 0 Å². The number of carboxylic acids is 1. The third kappa shape index (κ3) is 5.54. The summed E-state index contributed by atoms with van der Waals surface area (Å²) in [5, 5.41) is 13.6. The molecule has 11 heteroatoms. The van der Waals surface area contributed by atoms with E-state index in [-0.39, 0.29) is 16.1 Å². The van der Waals surface area contributed by atoms with Gasteiger partial charge in [-0.15, -0.1) is 0 Å². The van der Waals surface area contributed by atoms with Gasteiger partial charge in [0.05, 0.1) is 12.1 Å². The van der Waals surface area contributed by atoms with Crippen molar-refractivity contribution < 1.29 is 27.9 Å². The van der Waals surface area contributed by atoms with Crippen molar-refractivity contribution in [3.05, 3.63) is 66.4 Å². The summed E-state index contributed by atoms with van der Waals surface area (Å²) in [5.74, 6) is -2.42. The molecule has 1 aromatic heterocycles. The summed E-state index contributed by atoms with van der Waals surface area (Å²) in [6.07, 6.45) is 1.51. The molecule has 2 amide bonds. The zero-order valence-corrected chi connectivity index (χ0v) is 16.8. The maximum Gasteiger partial charge on any atom is 0.322 e. The van der Waals surface area contributed by atoms with E-state index in [4.69, 9.17) is 5.11 Å². The number of pyridine rings is 1. The van der Waals surface area contributed by atoms with Crippen molar-refractivity contribution in [3.8, 4) is 0 Å². The number of hydrogen-bond acceptors (Lipinski definition) is 6. The van der Waals surface area contributed by atoms with Gasteiger partial charge in [0.2, 0.25) is 5.91 Å². The van der Waals surface area contributed by atoms with Crippen molar-refractivity contribution in [1.82, 2.24) is 15.6 Å². The van der Waals surface area contributed by atoms with Crippen molar-refractivity contribution in [2.75, 3.05) is 17.8 Å². The fourth-order valence-corrected chi connectivity index (χ4v) is 3.93. The molecule has 0 unspecified atom stereocenters. The van der Waals surface area contributed by atoms with Crippen molar-refractivity contribution in [2.45, 2.75) is 4.90 Å². The molecule has 0 atom stereocenters. The average Bonchev–Trinajstić information content (AvgIpc) is 2.75. The van der Waals surface area contributed by atoms with E-state index in [1.807, 2.05) is 0 Å². The van der Waals surface area contributed by atoms with Crippen LogP contribution in [0.4, 0.5) is 5.69 Å². The molecule has 0 bridgehead atoms. The number of nitrogens with zero attached hydrogens (tertiary/aromatic N) is 1. The van der Waals surface area contributed by atoms with E-state index in [0.29, 0.717) is 10.9 Å². The second-order valence-electron chi connectivity index (χ2n) is 6.37. The van der Waals surface area contributed by atoms with Crippen LogP contribution in [0, 0.1) is 0 Å². The Morgan fingerprint density at radius 1 is 0.903 bits per heavy atom. The maximum atomic E-state index is 12.8. The number of carbonyl (C=O) groups excluding carboxylic acids is 2. The van der Waals surface area contributed by atoms with Crippen LogP contribution in [-0.2, 0) is 19.6 Å². The molecule has 2 aromatic carbocycles. The van der Waals surface area contributed by atoms with Gasteiger partial charge in [0.25, 0.3) is 15.9 Å². The van der Waals surface area contributed by atoms with Gasteiger partial charge in [-0.1, -0.05) is 18.2 Å². The highest BCUT2D eigenvalue weighted by atomic mass is 32.2. The lowest BCUT2D eigenvalue weighted by molar-refractivity contribution is -0.137. The second-order valence-corrected chi connectivity index (χ2v) is 8.02. The first-order valence-corrected chi connectivity index (χ1v) is 10.5. The lowest BCUT2D eigenvalue weighted by Gasteiger charge is -2.11. The van der Waals surface area contributed by atoms with E-state index in [1.54, 1.807) is 24.3 Å². The van der Waals surface area contributed by atoms with Gasteiger partial charge >= 0.3 is 5.97 Å². The Morgan fingerprint density at radius 3 is 2.32 bits per heavy atom. The molecular formula is C20H18N4O6S. The number of rotatable bonds is 8. The third-order valence-electron chi connectivity index (χ3n) is 4.13. The standard InChI is InChI=1S/C20H18N4O6S/c25-17(22-12-18(26)27)11-23-20(28)14-6-8-15(9-7-14)24-31(29,30)16-5-1-3-13-4-2-10-21-19(13)16/h1-10,24H,11-12H2,(H,22,25)(H,23,28)(H,26,27). The second kappa shape index (κ2) is 9.22. The number of benzene rings is 2. The molecule has 1 heterocycles. The number of sulfonamides is 1. The van der Waals surface area contributed by atoms with Crippen LogP contribution in [-0.4, -0.2) is 49.4 Å². The topological polar surface area (TPSA) is 155 Å². The van der Waals surface area contributed by atoms with E-state index < -0.39 is 40.9 Å². The Morgan fingerprint density at radius 2 is 1.61 bits per heavy atom. The SMILES string of the molecule is O=C(O)CNC(=O)CNC(=O)c1ccc(NS(=O)(=O)c2cccc3cccnc23)cc1. The minimum Gasteiger partial charge on any atom is -0.480 e. The number of anilines is 1. The number of nitrogens with one attached hydrogen (secondary N) is 3. The third-order valence-corrected chi connectivity index (χ3v) is 5.54. The molecule has 4 N–H and O–H groups in total. The largest absolute Gasteiger partial charge is 0.480 e. The molecule has 31 heavy (non-hydrogen) atoms. The molecule has 3 aromatic rings. The number of para-hydroxylation sites is 1. The van der Waals surface area contributed by atoms with Crippen LogP contribution in [0.2, 0.25) is 0 Å². The molecule has 0 spiro atoms. The number of amides is 2. The van der Waals surface area contributed by atoms with Gasteiger partial charge in [0.15, 0.2) is 0 Å². The first kappa shape index (κ1) is 21.7. The Kier molecular flexibility index (Phi) is 6.46. The number of aliphatic carboxylic acids is 1. The Bertz CT molecular complexity index is 1240. The fraction of sp³-hybridized carbons (Fsp3) is 0.100. The summed E-state index contributed by atoms with van der Waals surface area (Å²) < 4.78 is 28.1. The molecule has 0 aliphatic rings. The van der Waals surface area contributed by atoms with Gasteiger partial charge in [-0.2, -0.15) is 0 Å². The summed E-state index contributed by atoms with van der Waals surface area (Å²) in [7, 11) is -3.92. The highest BCUT2D eigenvalue weighted by molar-refractivity contribution is 7.93. The van der Waals surface area contributed by atoms with E-state index in [1.165, 1.54) is 36.5 Å². The van der Waals surface area contributed by atoms with Crippen molar-refractivity contribution in [2.24, 2.45) is 0 Å². The van der Waals surface area contributed by atoms with E-state index >= 15 is 0 Å². The predicted molar refractivity (Wildman–Crippen MR) is 112 cm³/mol. The molecule has 0 fully saturated rings. The van der Waals surface area contributed by atoms with Gasteiger partial charge in [-0.05, 0) is 36.4 Å². The maximum absolute atomic E-state index is 12.8. The summed E-state index contributed by atoms with van der Waals surface area (Å²) in [4.78, 5) is 38.1. The normalized spacial score (nSPS) is 11.0. The van der Waals surface area contributed by atoms with Crippen LogP contribution >= 0.6 is 0 Å². The van der Waals surface area contributed by atoms with E-state index in [0.717, 1.165) is 0 Å². The minimum atomic E-state index is -3.92. The summed E-state index contributed by atoms with van der Waals surface area (Å²) in [6.45, 7) is -0.940. The highest BCUT2D eigenvalue weighted by Crippen LogP contribution is 2.23. The van der Waals surface area contributed by atoms with Gasteiger partial charge in [-0.25, -0.2) is 8.42 Å². The highest BCUT2D eigenvalue weighted by Gasteiger charge is 2.18. The zero-order valence-electron chi connectivity index (χ0n) is 16.0. The van der Waals surface area contributed by atoms with Gasteiger partial charge < -0.3 is 15.7 Å².